The fourth-order valence-corrected chi connectivity index (χ4v) is 4.46. The zero-order valence-electron chi connectivity index (χ0n) is 16.8. The number of amides is 1. The van der Waals surface area contributed by atoms with Crippen molar-refractivity contribution < 1.29 is 9.28 Å². The van der Waals surface area contributed by atoms with E-state index >= 15 is 0 Å². The van der Waals surface area contributed by atoms with Gasteiger partial charge in [0.25, 0.3) is 5.91 Å². The molecule has 0 bridgehead atoms. The first-order valence-corrected chi connectivity index (χ1v) is 10.3. The third-order valence-corrected chi connectivity index (χ3v) is 5.96. The predicted molar refractivity (Wildman–Crippen MR) is 112 cm³/mol. The Hall–Kier alpha value is -2.13. The maximum atomic E-state index is 12.7. The normalized spacial score (nSPS) is 16.5. The largest absolute Gasteiger partial charge is 0.346 e. The zero-order chi connectivity index (χ0) is 19.1. The van der Waals surface area contributed by atoms with E-state index in [1.54, 1.807) is 0 Å². The third-order valence-electron chi connectivity index (χ3n) is 5.96. The molecule has 0 spiro atoms. The molecule has 2 aromatic rings. The number of likely N-dealkylation sites (tertiary alicyclic amines) is 1. The summed E-state index contributed by atoms with van der Waals surface area (Å²) >= 11 is 0. The molecule has 1 saturated heterocycles. The van der Waals surface area contributed by atoms with Gasteiger partial charge in [-0.05, 0) is 50.7 Å². The Morgan fingerprint density at radius 3 is 2.15 bits per heavy atom. The molecule has 0 atom stereocenters. The summed E-state index contributed by atoms with van der Waals surface area (Å²) in [5.41, 5.74) is 4.34. The molecule has 2 aromatic carbocycles. The van der Waals surface area contributed by atoms with Gasteiger partial charge in [-0.15, -0.1) is 0 Å². The number of carbonyl (C=O) groups is 1. The highest BCUT2D eigenvalue weighted by atomic mass is 16.1. The van der Waals surface area contributed by atoms with Crippen LogP contribution < -0.4 is 5.32 Å². The maximum Gasteiger partial charge on any atom is 0.252 e. The van der Waals surface area contributed by atoms with Crippen LogP contribution >= 0.6 is 0 Å². The van der Waals surface area contributed by atoms with Crippen LogP contribution in [-0.4, -0.2) is 36.6 Å². The van der Waals surface area contributed by atoms with E-state index in [1.165, 1.54) is 44.3 Å². The molecule has 0 radical (unpaired) electrons. The smallest absolute Gasteiger partial charge is 0.252 e. The van der Waals surface area contributed by atoms with Crippen LogP contribution in [0.25, 0.3) is 0 Å². The Morgan fingerprint density at radius 2 is 1.52 bits per heavy atom. The summed E-state index contributed by atoms with van der Waals surface area (Å²) in [6, 6.07) is 16.9. The van der Waals surface area contributed by atoms with E-state index in [1.807, 2.05) is 32.0 Å². The SMILES string of the molecule is Cc1cccc(C)c1C(=O)NCC[N+]1(Cc2ccccc2)CCCCCC1. The van der Waals surface area contributed by atoms with Gasteiger partial charge in [-0.1, -0.05) is 48.5 Å². The van der Waals surface area contributed by atoms with Crippen LogP contribution in [0, 0.1) is 13.8 Å². The highest BCUT2D eigenvalue weighted by Gasteiger charge is 2.29. The number of nitrogens with one attached hydrogen (secondary N) is 1. The number of benzene rings is 2. The van der Waals surface area contributed by atoms with Crippen molar-refractivity contribution in [1.29, 1.82) is 0 Å². The fraction of sp³-hybridized carbons (Fsp3) is 0.458. The number of hydrogen-bond donors (Lipinski definition) is 1. The highest BCUT2D eigenvalue weighted by Crippen LogP contribution is 2.22. The van der Waals surface area contributed by atoms with Gasteiger partial charge in [-0.25, -0.2) is 0 Å². The number of hydrogen-bond acceptors (Lipinski definition) is 1. The average Bonchev–Trinajstić information content (AvgIpc) is 2.88. The number of carbonyl (C=O) groups excluding carboxylic acids is 1. The molecule has 3 heteroatoms. The molecule has 1 aliphatic heterocycles. The van der Waals surface area contributed by atoms with Gasteiger partial charge in [0.1, 0.15) is 6.54 Å². The lowest BCUT2D eigenvalue weighted by Crippen LogP contribution is -2.51. The number of aryl methyl sites for hydroxylation is 2. The number of rotatable bonds is 6. The molecule has 1 heterocycles. The van der Waals surface area contributed by atoms with Crippen LogP contribution in [0.2, 0.25) is 0 Å². The van der Waals surface area contributed by atoms with E-state index in [4.69, 9.17) is 0 Å². The summed E-state index contributed by atoms with van der Waals surface area (Å²) < 4.78 is 1.09. The quantitative estimate of drug-likeness (QED) is 0.743. The van der Waals surface area contributed by atoms with Crippen LogP contribution in [0.5, 0.6) is 0 Å². The number of quaternary nitrogens is 1. The summed E-state index contributed by atoms with van der Waals surface area (Å²) in [4.78, 5) is 12.7. The van der Waals surface area contributed by atoms with E-state index in [0.717, 1.165) is 40.8 Å². The molecule has 3 nitrogen and oxygen atoms in total. The zero-order valence-corrected chi connectivity index (χ0v) is 16.8. The van der Waals surface area contributed by atoms with Crippen molar-refractivity contribution in [3.05, 3.63) is 70.8 Å². The molecule has 0 unspecified atom stereocenters. The summed E-state index contributed by atoms with van der Waals surface area (Å²) in [6.07, 6.45) is 5.25. The summed E-state index contributed by atoms with van der Waals surface area (Å²) in [5.74, 6) is 0.0679. The van der Waals surface area contributed by atoms with E-state index in [9.17, 15) is 4.79 Å². The lowest BCUT2D eigenvalue weighted by atomic mass is 10.0. The lowest BCUT2D eigenvalue weighted by Gasteiger charge is -2.38. The van der Waals surface area contributed by atoms with Crippen LogP contribution in [0.3, 0.4) is 0 Å². The van der Waals surface area contributed by atoms with Crippen molar-refractivity contribution in [2.24, 2.45) is 0 Å². The third kappa shape index (κ3) is 5.20. The van der Waals surface area contributed by atoms with E-state index in [2.05, 4.69) is 35.6 Å². The van der Waals surface area contributed by atoms with Gasteiger partial charge >= 0.3 is 0 Å². The van der Waals surface area contributed by atoms with Gasteiger partial charge in [0.15, 0.2) is 0 Å². The van der Waals surface area contributed by atoms with Gasteiger partial charge in [0, 0.05) is 11.1 Å². The van der Waals surface area contributed by atoms with E-state index < -0.39 is 0 Å². The van der Waals surface area contributed by atoms with Gasteiger partial charge < -0.3 is 9.80 Å². The van der Waals surface area contributed by atoms with Crippen LogP contribution in [0.4, 0.5) is 0 Å². The Bertz CT molecular complexity index is 726. The Labute approximate surface area is 164 Å². The molecule has 0 aliphatic carbocycles. The average molecular weight is 366 g/mol. The van der Waals surface area contributed by atoms with Crippen molar-refractivity contribution >= 4 is 5.91 Å². The van der Waals surface area contributed by atoms with Crippen molar-refractivity contribution in [3.8, 4) is 0 Å². The van der Waals surface area contributed by atoms with Crippen molar-refractivity contribution in [3.63, 3.8) is 0 Å². The van der Waals surface area contributed by atoms with Gasteiger partial charge in [0.2, 0.25) is 0 Å². The van der Waals surface area contributed by atoms with Crippen molar-refractivity contribution in [2.75, 3.05) is 26.2 Å². The van der Waals surface area contributed by atoms with Gasteiger partial charge in [0.05, 0.1) is 26.2 Å². The topological polar surface area (TPSA) is 29.1 Å². The van der Waals surface area contributed by atoms with Crippen molar-refractivity contribution in [1.82, 2.24) is 5.32 Å². The van der Waals surface area contributed by atoms with Crippen LogP contribution in [0.15, 0.2) is 48.5 Å². The van der Waals surface area contributed by atoms with E-state index in [-0.39, 0.29) is 5.91 Å². The molecule has 3 rings (SSSR count). The summed E-state index contributed by atoms with van der Waals surface area (Å²) in [6.45, 7) is 9.27. The van der Waals surface area contributed by atoms with E-state index in [0.29, 0.717) is 0 Å². The predicted octanol–water partition coefficient (Wildman–Crippen LogP) is 4.62. The molecule has 1 fully saturated rings. The van der Waals surface area contributed by atoms with Crippen LogP contribution in [-0.2, 0) is 6.54 Å². The molecule has 1 aliphatic rings. The van der Waals surface area contributed by atoms with Gasteiger partial charge in [-0.2, -0.15) is 0 Å². The molecule has 0 saturated carbocycles. The van der Waals surface area contributed by atoms with Gasteiger partial charge in [-0.3, -0.25) is 4.79 Å². The second kappa shape index (κ2) is 9.18. The first-order valence-electron chi connectivity index (χ1n) is 10.3. The van der Waals surface area contributed by atoms with Crippen molar-refractivity contribution in [2.45, 2.75) is 46.1 Å². The molecular weight excluding hydrogens is 332 g/mol. The lowest BCUT2D eigenvalue weighted by molar-refractivity contribution is -0.939. The fourth-order valence-electron chi connectivity index (χ4n) is 4.46. The molecule has 144 valence electrons. The summed E-state index contributed by atoms with van der Waals surface area (Å²) in [7, 11) is 0. The Balaban J connectivity index is 1.66. The minimum absolute atomic E-state index is 0.0679. The minimum atomic E-state index is 0.0679. The first-order chi connectivity index (χ1) is 13.1. The molecule has 1 amide bonds. The second-order valence-electron chi connectivity index (χ2n) is 8.09. The molecular formula is C24H33N2O+. The Kier molecular flexibility index (Phi) is 6.68. The molecule has 27 heavy (non-hydrogen) atoms. The second-order valence-corrected chi connectivity index (χ2v) is 8.09. The minimum Gasteiger partial charge on any atom is -0.346 e. The standard InChI is InChI=1S/C24H32N2O/c1-20-11-10-12-21(2)23(20)24(27)25-15-18-26(16-8-3-4-9-17-26)19-22-13-6-5-7-14-22/h5-7,10-14H,3-4,8-9,15-19H2,1-2H3/p+1. The highest BCUT2D eigenvalue weighted by molar-refractivity contribution is 5.97. The molecule has 1 N–H and O–H groups in total. The van der Waals surface area contributed by atoms with Crippen LogP contribution in [0.1, 0.15) is 52.7 Å². The maximum absolute atomic E-state index is 12.7. The number of nitrogens with zero attached hydrogens (tertiary/aromatic N) is 1. The molecule has 0 aromatic heterocycles. The Morgan fingerprint density at radius 1 is 0.889 bits per heavy atom. The monoisotopic (exact) mass is 365 g/mol. The first kappa shape index (κ1) is 19.6. The summed E-state index contributed by atoms with van der Waals surface area (Å²) in [5, 5.41) is 3.20.